The smallest absolute Gasteiger partial charge is 0.509 e. The second-order valence-electron chi connectivity index (χ2n) is 13.6. The van der Waals surface area contributed by atoms with Crippen molar-refractivity contribution < 1.29 is 51.6 Å². The van der Waals surface area contributed by atoms with Crippen molar-refractivity contribution in [2.24, 2.45) is 0 Å². The van der Waals surface area contributed by atoms with Gasteiger partial charge in [0.25, 0.3) is 0 Å². The molecule has 0 atom stereocenters. The fourth-order valence-electron chi connectivity index (χ4n) is 7.83. The molecule has 6 aromatic heterocycles. The van der Waals surface area contributed by atoms with E-state index in [0.29, 0.717) is 51.9 Å². The van der Waals surface area contributed by atoms with Crippen molar-refractivity contribution in [1.82, 2.24) is 48.6 Å². The number of para-hydroxylation sites is 2. The Labute approximate surface area is 375 Å². The number of rotatable bonds is 7. The summed E-state index contributed by atoms with van der Waals surface area (Å²) in [5, 5.41) is 5.95. The monoisotopic (exact) mass is 1150 g/mol. The fraction of sp³-hybridized carbons (Fsp3) is 0. The summed E-state index contributed by atoms with van der Waals surface area (Å²) in [6, 6.07) is 49.5. The van der Waals surface area contributed by atoms with Crippen LogP contribution in [0.2, 0.25) is 0 Å². The Balaban J connectivity index is 0.00000223. The van der Waals surface area contributed by atoms with Crippen molar-refractivity contribution >= 4 is 65.4 Å². The SMILES string of the molecule is [Pt+2].[Pt+2].[c-]1c(Oc2[c-]c3c(cc2)c2ccccc2n3-c2ncccn2)ccc2c3ccc(Oc4[c-]c5c(cc4)c4ccccc4n5-c4ncccn4)[c-]c3n(-c3ncncn3)c12. The first kappa shape index (κ1) is 38.1. The van der Waals surface area contributed by atoms with Crippen LogP contribution in [0.25, 0.3) is 83.3 Å². The Morgan fingerprint density at radius 2 is 0.689 bits per heavy atom. The van der Waals surface area contributed by atoms with Gasteiger partial charge in [0, 0.05) is 58.8 Å². The van der Waals surface area contributed by atoms with Gasteiger partial charge >= 0.3 is 42.1 Å². The summed E-state index contributed by atoms with van der Waals surface area (Å²) < 4.78 is 18.8. The van der Waals surface area contributed by atoms with Gasteiger partial charge in [0.1, 0.15) is 12.7 Å². The van der Waals surface area contributed by atoms with E-state index in [1.54, 1.807) is 36.9 Å². The first-order chi connectivity index (χ1) is 29.2. The molecule has 12 nitrogen and oxygen atoms in total. The summed E-state index contributed by atoms with van der Waals surface area (Å²) in [5.74, 6) is 3.44. The van der Waals surface area contributed by atoms with E-state index in [4.69, 9.17) is 9.47 Å². The van der Waals surface area contributed by atoms with Crippen molar-refractivity contribution in [3.05, 3.63) is 171 Å². The van der Waals surface area contributed by atoms with Gasteiger partial charge in [0.15, 0.2) is 0 Å². The summed E-state index contributed by atoms with van der Waals surface area (Å²) in [6.45, 7) is 0. The van der Waals surface area contributed by atoms with Crippen molar-refractivity contribution in [2.45, 2.75) is 0 Å². The van der Waals surface area contributed by atoms with E-state index in [0.717, 1.165) is 54.4 Å². The summed E-state index contributed by atoms with van der Waals surface area (Å²) >= 11 is 0. The average molecular weight is 1150 g/mol. The summed E-state index contributed by atoms with van der Waals surface area (Å²) in [5.41, 5.74) is 4.91. The molecule has 0 fully saturated rings. The van der Waals surface area contributed by atoms with Crippen LogP contribution >= 0.6 is 0 Å². The molecule has 61 heavy (non-hydrogen) atoms. The molecule has 0 amide bonds. The molecular formula is C47H24N10O2Pt2. The maximum atomic E-state index is 6.49. The Bertz CT molecular complexity index is 3360. The molecule has 12 rings (SSSR count). The number of hydrogen-bond donors (Lipinski definition) is 0. The van der Waals surface area contributed by atoms with Crippen LogP contribution in [-0.2, 0) is 42.1 Å². The average Bonchev–Trinajstić information content (AvgIpc) is 3.92. The van der Waals surface area contributed by atoms with Crippen molar-refractivity contribution in [1.29, 1.82) is 0 Å². The van der Waals surface area contributed by atoms with Gasteiger partial charge in [-0.25, -0.2) is 34.9 Å². The number of nitrogens with zero attached hydrogens (tertiary/aromatic N) is 10. The molecule has 0 saturated carbocycles. The summed E-state index contributed by atoms with van der Waals surface area (Å²) in [4.78, 5) is 31.3. The largest absolute Gasteiger partial charge is 2.00 e. The third-order valence-corrected chi connectivity index (χ3v) is 10.3. The number of fused-ring (bicyclic) bond motifs is 9. The van der Waals surface area contributed by atoms with Gasteiger partial charge < -0.3 is 23.2 Å². The summed E-state index contributed by atoms with van der Waals surface area (Å²) in [6.07, 6.45) is 9.83. The number of aromatic nitrogens is 10. The molecule has 0 aliphatic carbocycles. The Kier molecular flexibility index (Phi) is 9.66. The van der Waals surface area contributed by atoms with Crippen molar-refractivity contribution in [3.8, 4) is 40.8 Å². The van der Waals surface area contributed by atoms with Gasteiger partial charge in [-0.1, -0.05) is 58.5 Å². The Morgan fingerprint density at radius 3 is 1.10 bits per heavy atom. The zero-order chi connectivity index (χ0) is 38.9. The third-order valence-electron chi connectivity index (χ3n) is 10.3. The molecule has 14 heteroatoms. The predicted molar refractivity (Wildman–Crippen MR) is 222 cm³/mol. The van der Waals surface area contributed by atoms with Gasteiger partial charge in [-0.3, -0.25) is 0 Å². The van der Waals surface area contributed by atoms with E-state index >= 15 is 0 Å². The first-order valence-electron chi connectivity index (χ1n) is 18.6. The molecule has 0 aliphatic rings. The molecule has 12 aromatic rings. The molecule has 0 N–H and O–H groups in total. The zero-order valence-corrected chi connectivity index (χ0v) is 35.8. The van der Waals surface area contributed by atoms with Gasteiger partial charge in [-0.15, -0.1) is 59.3 Å². The van der Waals surface area contributed by atoms with Crippen molar-refractivity contribution in [2.75, 3.05) is 0 Å². The van der Waals surface area contributed by atoms with Crippen LogP contribution in [0.15, 0.2) is 147 Å². The van der Waals surface area contributed by atoms with Crippen LogP contribution in [0.3, 0.4) is 0 Å². The minimum atomic E-state index is 0. The fourth-order valence-corrected chi connectivity index (χ4v) is 7.83. The topological polar surface area (TPSA) is 123 Å². The molecule has 6 heterocycles. The zero-order valence-electron chi connectivity index (χ0n) is 31.3. The van der Waals surface area contributed by atoms with Crippen LogP contribution in [0, 0.1) is 24.3 Å². The molecule has 294 valence electrons. The molecular weight excluding hydrogens is 1130 g/mol. The quantitative estimate of drug-likeness (QED) is 0.144. The molecule has 0 saturated heterocycles. The van der Waals surface area contributed by atoms with Crippen LogP contribution < -0.4 is 9.47 Å². The van der Waals surface area contributed by atoms with Gasteiger partial charge in [-0.2, -0.15) is 35.0 Å². The van der Waals surface area contributed by atoms with Crippen LogP contribution in [0.1, 0.15) is 0 Å². The summed E-state index contributed by atoms with van der Waals surface area (Å²) in [7, 11) is 0. The first-order valence-corrected chi connectivity index (χ1v) is 18.6. The Morgan fingerprint density at radius 1 is 0.344 bits per heavy atom. The number of benzene rings is 6. The van der Waals surface area contributed by atoms with E-state index in [2.05, 4.69) is 71.3 Å². The van der Waals surface area contributed by atoms with Crippen LogP contribution in [-0.4, -0.2) is 48.6 Å². The third kappa shape index (κ3) is 6.34. The number of ether oxygens (including phenoxy) is 2. The molecule has 0 unspecified atom stereocenters. The molecule has 0 bridgehead atoms. The van der Waals surface area contributed by atoms with Gasteiger partial charge in [0.05, 0.1) is 0 Å². The van der Waals surface area contributed by atoms with E-state index in [9.17, 15) is 0 Å². The van der Waals surface area contributed by atoms with Crippen LogP contribution in [0.5, 0.6) is 23.0 Å². The predicted octanol–water partition coefficient (Wildman–Crippen LogP) is 9.52. The number of hydrogen-bond acceptors (Lipinski definition) is 9. The van der Waals surface area contributed by atoms with E-state index in [1.165, 1.54) is 12.7 Å². The van der Waals surface area contributed by atoms with E-state index in [-0.39, 0.29) is 42.1 Å². The maximum Gasteiger partial charge on any atom is 2.00 e. The van der Waals surface area contributed by atoms with Crippen LogP contribution in [0.4, 0.5) is 0 Å². The second kappa shape index (κ2) is 15.5. The van der Waals surface area contributed by atoms with E-state index < -0.39 is 0 Å². The minimum Gasteiger partial charge on any atom is -0.509 e. The van der Waals surface area contributed by atoms with Gasteiger partial charge in [0.2, 0.25) is 17.8 Å². The standard InChI is InChI=1S/C47H24N10O2.2Pt/c1-3-9-39-33(7-1)35-15-11-29(23-41(35)55(39)45-49-19-5-20-50-45)58-31-13-17-37-38-18-14-32(26-44(38)57(43(37)25-31)47-53-27-48-28-54-47)59-30-12-16-36-34-8-2-4-10-40(34)56(42(36)24-30)46-51-21-6-22-52-46;;/h1-22,27-28H;;/q-4;2*+2. The van der Waals surface area contributed by atoms with E-state index in [1.807, 2.05) is 98.6 Å². The normalized spacial score (nSPS) is 11.3. The minimum absolute atomic E-state index is 0. The molecule has 0 radical (unpaired) electrons. The maximum absolute atomic E-state index is 6.49. The Hall–Kier alpha value is -7.13. The van der Waals surface area contributed by atoms with Gasteiger partial charge in [-0.05, 0) is 35.0 Å². The van der Waals surface area contributed by atoms with Crippen molar-refractivity contribution in [3.63, 3.8) is 0 Å². The molecule has 0 spiro atoms. The second-order valence-corrected chi connectivity index (χ2v) is 13.6. The molecule has 0 aliphatic heterocycles. The molecule has 6 aromatic carbocycles.